The van der Waals surface area contributed by atoms with Crippen molar-refractivity contribution in [3.8, 4) is 5.75 Å². The lowest BCUT2D eigenvalue weighted by Crippen LogP contribution is -2.27. The Hall–Kier alpha value is -1.94. The Morgan fingerprint density at radius 1 is 1.18 bits per heavy atom. The van der Waals surface area contributed by atoms with Crippen LogP contribution < -0.4 is 4.74 Å². The van der Waals surface area contributed by atoms with Crippen molar-refractivity contribution in [3.05, 3.63) is 59.7 Å². The second-order valence-corrected chi connectivity index (χ2v) is 6.25. The number of benzene rings is 2. The molecular formula is C18H21NO2S. The lowest BCUT2D eigenvalue weighted by molar-refractivity contribution is -0.127. The van der Waals surface area contributed by atoms with E-state index in [2.05, 4.69) is 31.2 Å². The Bertz CT molecular complexity index is 625. The van der Waals surface area contributed by atoms with Gasteiger partial charge in [0.25, 0.3) is 0 Å². The van der Waals surface area contributed by atoms with E-state index in [0.717, 1.165) is 16.2 Å². The van der Waals surface area contributed by atoms with Gasteiger partial charge >= 0.3 is 0 Å². The maximum atomic E-state index is 12.2. The van der Waals surface area contributed by atoms with Gasteiger partial charge in [-0.3, -0.25) is 4.79 Å². The highest BCUT2D eigenvalue weighted by atomic mass is 32.2. The van der Waals surface area contributed by atoms with E-state index in [1.165, 1.54) is 5.56 Å². The van der Waals surface area contributed by atoms with Gasteiger partial charge in [0.15, 0.2) is 0 Å². The van der Waals surface area contributed by atoms with Crippen LogP contribution in [0.2, 0.25) is 0 Å². The number of thioether (sulfide) groups is 1. The number of carbonyl (C=O) groups excluding carboxylic acids is 1. The van der Waals surface area contributed by atoms with Gasteiger partial charge in [0.2, 0.25) is 5.91 Å². The molecule has 3 nitrogen and oxygen atoms in total. The number of amides is 1. The number of hydrogen-bond acceptors (Lipinski definition) is 3. The number of aryl methyl sites for hydroxylation is 1. The maximum Gasteiger partial charge on any atom is 0.232 e. The summed E-state index contributed by atoms with van der Waals surface area (Å²) in [7, 11) is 3.48. The molecule has 2 rings (SSSR count). The summed E-state index contributed by atoms with van der Waals surface area (Å²) in [6.45, 7) is 2.64. The normalized spacial score (nSPS) is 10.3. The average molecular weight is 315 g/mol. The third-order valence-corrected chi connectivity index (χ3v) is 4.36. The largest absolute Gasteiger partial charge is 0.497 e. The van der Waals surface area contributed by atoms with E-state index >= 15 is 0 Å². The van der Waals surface area contributed by atoms with Gasteiger partial charge in [-0.05, 0) is 36.8 Å². The summed E-state index contributed by atoms with van der Waals surface area (Å²) < 4.78 is 5.20. The summed E-state index contributed by atoms with van der Waals surface area (Å²) in [6.07, 6.45) is 0. The Morgan fingerprint density at radius 2 is 1.91 bits per heavy atom. The number of hydrogen-bond donors (Lipinski definition) is 0. The zero-order valence-electron chi connectivity index (χ0n) is 13.2. The highest BCUT2D eigenvalue weighted by Crippen LogP contribution is 2.19. The standard InChI is InChI=1S/C18H21NO2S/c1-14-7-9-17(10-8-14)22-13-18(20)19(2)12-15-5-4-6-16(11-15)21-3/h4-11H,12-13H2,1-3H3. The van der Waals surface area contributed by atoms with Crippen molar-refractivity contribution >= 4 is 17.7 Å². The first-order chi connectivity index (χ1) is 10.6. The summed E-state index contributed by atoms with van der Waals surface area (Å²) in [5.74, 6) is 1.38. The van der Waals surface area contributed by atoms with Gasteiger partial charge in [-0.2, -0.15) is 0 Å². The molecule has 1 amide bonds. The molecule has 116 valence electrons. The Morgan fingerprint density at radius 3 is 2.59 bits per heavy atom. The zero-order valence-corrected chi connectivity index (χ0v) is 14.0. The minimum atomic E-state index is 0.119. The van der Waals surface area contributed by atoms with Crippen LogP contribution in [0.5, 0.6) is 5.75 Å². The highest BCUT2D eigenvalue weighted by molar-refractivity contribution is 8.00. The topological polar surface area (TPSA) is 29.5 Å². The maximum absolute atomic E-state index is 12.2. The average Bonchev–Trinajstić information content (AvgIpc) is 2.54. The van der Waals surface area contributed by atoms with Crippen LogP contribution in [0.25, 0.3) is 0 Å². The lowest BCUT2D eigenvalue weighted by Gasteiger charge is -2.17. The van der Waals surface area contributed by atoms with Crippen LogP contribution in [0, 0.1) is 6.92 Å². The molecule has 0 fully saturated rings. The Labute approximate surface area is 136 Å². The third kappa shape index (κ3) is 4.81. The molecular weight excluding hydrogens is 294 g/mol. The van der Waals surface area contributed by atoms with Crippen LogP contribution >= 0.6 is 11.8 Å². The molecule has 0 aliphatic heterocycles. The fraction of sp³-hybridized carbons (Fsp3) is 0.278. The summed E-state index contributed by atoms with van der Waals surface area (Å²) in [4.78, 5) is 15.1. The molecule has 0 unspecified atom stereocenters. The van der Waals surface area contributed by atoms with Crippen molar-refractivity contribution in [1.29, 1.82) is 0 Å². The summed E-state index contributed by atoms with van der Waals surface area (Å²) in [5, 5.41) is 0. The van der Waals surface area contributed by atoms with Crippen LogP contribution in [0.3, 0.4) is 0 Å². The Balaban J connectivity index is 1.87. The first kappa shape index (κ1) is 16.4. The molecule has 0 aromatic heterocycles. The first-order valence-corrected chi connectivity index (χ1v) is 8.13. The predicted octanol–water partition coefficient (Wildman–Crippen LogP) is 3.75. The summed E-state index contributed by atoms with van der Waals surface area (Å²) >= 11 is 1.57. The zero-order chi connectivity index (χ0) is 15.9. The number of methoxy groups -OCH3 is 1. The molecule has 0 bridgehead atoms. The molecule has 0 N–H and O–H groups in total. The molecule has 2 aromatic carbocycles. The minimum Gasteiger partial charge on any atom is -0.497 e. The van der Waals surface area contributed by atoms with Crippen LogP contribution in [0.4, 0.5) is 0 Å². The van der Waals surface area contributed by atoms with Gasteiger partial charge in [0.1, 0.15) is 5.75 Å². The molecule has 22 heavy (non-hydrogen) atoms. The molecule has 0 aliphatic carbocycles. The van der Waals surface area contributed by atoms with Crippen LogP contribution in [-0.4, -0.2) is 30.7 Å². The van der Waals surface area contributed by atoms with E-state index in [4.69, 9.17) is 4.74 Å². The van der Waals surface area contributed by atoms with Gasteiger partial charge in [0.05, 0.1) is 12.9 Å². The SMILES string of the molecule is COc1cccc(CN(C)C(=O)CSc2ccc(C)cc2)c1. The second-order valence-electron chi connectivity index (χ2n) is 5.20. The monoisotopic (exact) mass is 315 g/mol. The van der Waals surface area contributed by atoms with E-state index in [9.17, 15) is 4.79 Å². The smallest absolute Gasteiger partial charge is 0.232 e. The van der Waals surface area contributed by atoms with Crippen molar-refractivity contribution < 1.29 is 9.53 Å². The van der Waals surface area contributed by atoms with Crippen molar-refractivity contribution in [1.82, 2.24) is 4.90 Å². The molecule has 0 saturated carbocycles. The molecule has 0 atom stereocenters. The lowest BCUT2D eigenvalue weighted by atomic mass is 10.2. The van der Waals surface area contributed by atoms with Gasteiger partial charge in [-0.1, -0.05) is 29.8 Å². The highest BCUT2D eigenvalue weighted by Gasteiger charge is 2.10. The van der Waals surface area contributed by atoms with Gasteiger partial charge in [-0.25, -0.2) is 0 Å². The number of rotatable bonds is 6. The quantitative estimate of drug-likeness (QED) is 0.760. The molecule has 0 saturated heterocycles. The number of nitrogens with zero attached hydrogens (tertiary/aromatic N) is 1. The first-order valence-electron chi connectivity index (χ1n) is 7.15. The van der Waals surface area contributed by atoms with E-state index in [1.807, 2.05) is 31.3 Å². The van der Waals surface area contributed by atoms with Crippen molar-refractivity contribution in [2.45, 2.75) is 18.4 Å². The fourth-order valence-corrected chi connectivity index (χ4v) is 2.86. The van der Waals surface area contributed by atoms with E-state index < -0.39 is 0 Å². The van der Waals surface area contributed by atoms with Crippen LogP contribution in [-0.2, 0) is 11.3 Å². The summed E-state index contributed by atoms with van der Waals surface area (Å²) in [6, 6.07) is 16.0. The number of carbonyl (C=O) groups is 1. The van der Waals surface area contributed by atoms with Crippen LogP contribution in [0.1, 0.15) is 11.1 Å². The van der Waals surface area contributed by atoms with Gasteiger partial charge in [0, 0.05) is 18.5 Å². The molecule has 0 radical (unpaired) electrons. The van der Waals surface area contributed by atoms with E-state index in [-0.39, 0.29) is 5.91 Å². The van der Waals surface area contributed by atoms with Crippen molar-refractivity contribution in [3.63, 3.8) is 0 Å². The van der Waals surface area contributed by atoms with Crippen molar-refractivity contribution in [2.24, 2.45) is 0 Å². The summed E-state index contributed by atoms with van der Waals surface area (Å²) in [5.41, 5.74) is 2.29. The van der Waals surface area contributed by atoms with Gasteiger partial charge in [-0.15, -0.1) is 11.8 Å². The van der Waals surface area contributed by atoms with Gasteiger partial charge < -0.3 is 9.64 Å². The second kappa shape index (κ2) is 7.90. The molecule has 2 aromatic rings. The van der Waals surface area contributed by atoms with E-state index in [1.54, 1.807) is 23.8 Å². The molecule has 0 spiro atoms. The molecule has 0 heterocycles. The minimum absolute atomic E-state index is 0.119. The van der Waals surface area contributed by atoms with E-state index in [0.29, 0.717) is 12.3 Å². The fourth-order valence-electron chi connectivity index (χ4n) is 2.02. The third-order valence-electron chi connectivity index (χ3n) is 3.36. The van der Waals surface area contributed by atoms with Crippen molar-refractivity contribution in [2.75, 3.05) is 19.9 Å². The molecule has 0 aliphatic rings. The van der Waals surface area contributed by atoms with Crippen LogP contribution in [0.15, 0.2) is 53.4 Å². The molecule has 4 heteroatoms. The number of ether oxygens (including phenoxy) is 1. The Kier molecular flexibility index (Phi) is 5.90. The predicted molar refractivity (Wildman–Crippen MR) is 91.4 cm³/mol.